The second kappa shape index (κ2) is 5.82. The zero-order valence-electron chi connectivity index (χ0n) is 10.5. The first kappa shape index (κ1) is 12.8. The van der Waals surface area contributed by atoms with Crippen molar-refractivity contribution in [2.45, 2.75) is 32.2 Å². The van der Waals surface area contributed by atoms with Gasteiger partial charge in [0.15, 0.2) is 0 Å². The van der Waals surface area contributed by atoms with E-state index in [1.54, 1.807) is 0 Å². The summed E-state index contributed by atoms with van der Waals surface area (Å²) in [5.41, 5.74) is 2.05. The summed E-state index contributed by atoms with van der Waals surface area (Å²) in [7, 11) is 0. The van der Waals surface area contributed by atoms with E-state index in [4.69, 9.17) is 4.74 Å². The van der Waals surface area contributed by atoms with Crippen LogP contribution in [-0.4, -0.2) is 30.1 Å². The zero-order chi connectivity index (χ0) is 13.0. The predicted molar refractivity (Wildman–Crippen MR) is 67.5 cm³/mol. The van der Waals surface area contributed by atoms with Gasteiger partial charge >= 0.3 is 0 Å². The van der Waals surface area contributed by atoms with Gasteiger partial charge in [-0.15, -0.1) is 0 Å². The number of pyridine rings is 1. The second-order valence-corrected chi connectivity index (χ2v) is 4.47. The molecule has 0 aromatic carbocycles. The Morgan fingerprint density at radius 3 is 3.17 bits per heavy atom. The molecule has 1 atom stereocenters. The quantitative estimate of drug-likeness (QED) is 0.811. The van der Waals surface area contributed by atoms with E-state index in [1.165, 1.54) is 6.07 Å². The Morgan fingerprint density at radius 2 is 2.39 bits per heavy atom. The predicted octanol–water partition coefficient (Wildman–Crippen LogP) is 0.385. The van der Waals surface area contributed by atoms with Crippen LogP contribution in [0.25, 0.3) is 0 Å². The van der Waals surface area contributed by atoms with E-state index in [2.05, 4.69) is 10.3 Å². The van der Waals surface area contributed by atoms with Crippen molar-refractivity contribution in [1.29, 1.82) is 0 Å². The van der Waals surface area contributed by atoms with Crippen molar-refractivity contribution in [3.63, 3.8) is 0 Å². The fourth-order valence-electron chi connectivity index (χ4n) is 2.24. The topological polar surface area (TPSA) is 71.2 Å². The van der Waals surface area contributed by atoms with Gasteiger partial charge in [0.2, 0.25) is 11.5 Å². The van der Waals surface area contributed by atoms with Gasteiger partial charge in [0.1, 0.15) is 6.61 Å². The Balaban J connectivity index is 1.93. The minimum Gasteiger partial charge on any atom is -0.372 e. The van der Waals surface area contributed by atoms with Gasteiger partial charge in [0.05, 0.1) is 0 Å². The molecule has 1 aliphatic rings. The van der Waals surface area contributed by atoms with Crippen LogP contribution in [-0.2, 0) is 22.4 Å². The smallest absolute Gasteiger partial charge is 0.248 e. The number of carbonyl (C=O) groups excluding carboxylic acids is 1. The summed E-state index contributed by atoms with van der Waals surface area (Å²) in [6.07, 6.45) is 2.42. The highest BCUT2D eigenvalue weighted by atomic mass is 16.5. The third-order valence-electron chi connectivity index (χ3n) is 3.11. The van der Waals surface area contributed by atoms with Gasteiger partial charge in [0, 0.05) is 24.4 Å². The van der Waals surface area contributed by atoms with E-state index < -0.39 is 0 Å². The number of nitrogens with one attached hydrogen (secondary N) is 2. The maximum absolute atomic E-state index is 11.5. The van der Waals surface area contributed by atoms with Crippen LogP contribution >= 0.6 is 0 Å². The molecule has 5 heteroatoms. The van der Waals surface area contributed by atoms with E-state index in [-0.39, 0.29) is 24.1 Å². The van der Waals surface area contributed by atoms with Crippen molar-refractivity contribution >= 4 is 5.91 Å². The van der Waals surface area contributed by atoms with E-state index in [0.29, 0.717) is 6.61 Å². The first-order chi connectivity index (χ1) is 8.69. The molecule has 1 amide bonds. The molecule has 1 heterocycles. The minimum atomic E-state index is -0.0743. The van der Waals surface area contributed by atoms with E-state index in [9.17, 15) is 9.59 Å². The largest absolute Gasteiger partial charge is 0.372 e. The van der Waals surface area contributed by atoms with Crippen LogP contribution in [0.15, 0.2) is 16.9 Å². The zero-order valence-corrected chi connectivity index (χ0v) is 10.5. The normalized spacial score (nSPS) is 18.2. The molecule has 1 aliphatic carbocycles. The number of aromatic amines is 1. The van der Waals surface area contributed by atoms with Crippen LogP contribution in [0.2, 0.25) is 0 Å². The monoisotopic (exact) mass is 250 g/mol. The van der Waals surface area contributed by atoms with Crippen molar-refractivity contribution in [2.75, 3.05) is 13.2 Å². The number of carbonyl (C=O) groups is 1. The average molecular weight is 250 g/mol. The lowest BCUT2D eigenvalue weighted by molar-refractivity contribution is -0.126. The maximum Gasteiger partial charge on any atom is 0.248 e. The fraction of sp³-hybridized carbons (Fsp3) is 0.538. The highest BCUT2D eigenvalue weighted by Crippen LogP contribution is 2.18. The number of hydrogen-bond acceptors (Lipinski definition) is 3. The Hall–Kier alpha value is -1.62. The first-order valence-corrected chi connectivity index (χ1v) is 6.27. The molecule has 1 aromatic rings. The van der Waals surface area contributed by atoms with Crippen LogP contribution in [0.1, 0.15) is 24.6 Å². The molecule has 0 aliphatic heterocycles. The van der Waals surface area contributed by atoms with Gasteiger partial charge in [0.25, 0.3) is 0 Å². The highest BCUT2D eigenvalue weighted by molar-refractivity contribution is 5.77. The molecule has 0 bridgehead atoms. The minimum absolute atomic E-state index is 0.0624. The molecule has 0 spiro atoms. The summed E-state index contributed by atoms with van der Waals surface area (Å²) >= 11 is 0. The second-order valence-electron chi connectivity index (χ2n) is 4.47. The molecular weight excluding hydrogens is 232 g/mol. The molecule has 5 nitrogen and oxygen atoms in total. The van der Waals surface area contributed by atoms with Crippen molar-refractivity contribution in [1.82, 2.24) is 10.3 Å². The third-order valence-corrected chi connectivity index (χ3v) is 3.11. The molecule has 18 heavy (non-hydrogen) atoms. The average Bonchev–Trinajstić information content (AvgIpc) is 2.36. The number of H-pyrrole nitrogens is 1. The molecule has 0 fully saturated rings. The third kappa shape index (κ3) is 3.20. The van der Waals surface area contributed by atoms with Gasteiger partial charge in [-0.2, -0.15) is 0 Å². The SMILES string of the molecule is CCOCC(=O)N[C@@H]1CCc2[nH]c(=O)ccc2C1. The number of ether oxygens (including phenoxy) is 1. The Morgan fingerprint density at radius 1 is 1.56 bits per heavy atom. The summed E-state index contributed by atoms with van der Waals surface area (Å²) < 4.78 is 5.06. The van der Waals surface area contributed by atoms with Gasteiger partial charge in [-0.25, -0.2) is 0 Å². The lowest BCUT2D eigenvalue weighted by Crippen LogP contribution is -2.41. The molecule has 2 rings (SSSR count). The van der Waals surface area contributed by atoms with Gasteiger partial charge in [-0.1, -0.05) is 6.07 Å². The van der Waals surface area contributed by atoms with Crippen LogP contribution < -0.4 is 10.9 Å². The van der Waals surface area contributed by atoms with Crippen LogP contribution in [0.3, 0.4) is 0 Å². The van der Waals surface area contributed by atoms with Crippen molar-refractivity contribution in [3.8, 4) is 0 Å². The molecule has 0 unspecified atom stereocenters. The Bertz CT molecular complexity index is 481. The molecule has 0 radical (unpaired) electrons. The Labute approximate surface area is 106 Å². The highest BCUT2D eigenvalue weighted by Gasteiger charge is 2.20. The first-order valence-electron chi connectivity index (χ1n) is 6.27. The summed E-state index contributed by atoms with van der Waals surface area (Å²) in [5, 5.41) is 2.95. The summed E-state index contributed by atoms with van der Waals surface area (Å²) in [5.74, 6) is -0.0743. The number of aryl methyl sites for hydroxylation is 1. The van der Waals surface area contributed by atoms with Gasteiger partial charge in [-0.3, -0.25) is 9.59 Å². The lowest BCUT2D eigenvalue weighted by Gasteiger charge is -2.25. The fourth-order valence-corrected chi connectivity index (χ4v) is 2.24. The number of hydrogen-bond donors (Lipinski definition) is 2. The number of fused-ring (bicyclic) bond motifs is 1. The lowest BCUT2D eigenvalue weighted by atomic mass is 9.92. The van der Waals surface area contributed by atoms with Crippen LogP contribution in [0.4, 0.5) is 0 Å². The standard InChI is InChI=1S/C13H18N2O3/c1-2-18-8-13(17)14-10-4-5-11-9(7-10)3-6-12(16)15-11/h3,6,10H,2,4-5,7-8H2,1H3,(H,14,17)(H,15,16)/t10-/m1/s1. The van der Waals surface area contributed by atoms with Crippen molar-refractivity contribution in [3.05, 3.63) is 33.7 Å². The number of aromatic nitrogens is 1. The molecular formula is C13H18N2O3. The molecule has 0 saturated carbocycles. The van der Waals surface area contributed by atoms with Gasteiger partial charge in [-0.05, 0) is 31.7 Å². The summed E-state index contributed by atoms with van der Waals surface area (Å²) in [4.78, 5) is 25.6. The Kier molecular flexibility index (Phi) is 4.15. The maximum atomic E-state index is 11.5. The van der Waals surface area contributed by atoms with Crippen LogP contribution in [0, 0.1) is 0 Å². The van der Waals surface area contributed by atoms with Crippen molar-refractivity contribution < 1.29 is 9.53 Å². The van der Waals surface area contributed by atoms with Crippen molar-refractivity contribution in [2.24, 2.45) is 0 Å². The molecule has 1 aromatic heterocycles. The van der Waals surface area contributed by atoms with E-state index >= 15 is 0 Å². The number of rotatable bonds is 4. The number of amides is 1. The summed E-state index contributed by atoms with van der Waals surface area (Å²) in [6.45, 7) is 2.52. The molecule has 0 saturated heterocycles. The molecule has 2 N–H and O–H groups in total. The molecule has 98 valence electrons. The summed E-state index contributed by atoms with van der Waals surface area (Å²) in [6, 6.07) is 3.51. The van der Waals surface area contributed by atoms with E-state index in [0.717, 1.165) is 30.5 Å². The van der Waals surface area contributed by atoms with Gasteiger partial charge < -0.3 is 15.0 Å². The van der Waals surface area contributed by atoms with Crippen LogP contribution in [0.5, 0.6) is 0 Å². The van der Waals surface area contributed by atoms with E-state index in [1.807, 2.05) is 13.0 Å².